The third-order valence-electron chi connectivity index (χ3n) is 1.13. The Kier molecular flexibility index (Phi) is 12.9. The summed E-state index contributed by atoms with van der Waals surface area (Å²) in [5, 5.41) is 0. The van der Waals surface area contributed by atoms with Crippen LogP contribution in [0.1, 0.15) is 27.7 Å². The van der Waals surface area contributed by atoms with Crippen LogP contribution in [0.4, 0.5) is 0 Å². The maximum Gasteiger partial charge on any atom is 1.00 e. The molecule has 0 amide bonds. The van der Waals surface area contributed by atoms with Crippen molar-refractivity contribution in [2.45, 2.75) is 27.7 Å². The first-order valence-electron chi connectivity index (χ1n) is 4.43. The number of hydrogen-bond acceptors (Lipinski definition) is 4. The standard InChI is InChI=1S/C8H19O2PS2.K/c1-7(2)5-10-11(9,12)13-6-8(3)4;/h7-8H,5-6H2,1-4H3,(H,9,12);/q;+1/p-1. The van der Waals surface area contributed by atoms with E-state index in [0.29, 0.717) is 18.4 Å². The largest absolute Gasteiger partial charge is 1.00 e. The summed E-state index contributed by atoms with van der Waals surface area (Å²) in [7, 11) is 0. The van der Waals surface area contributed by atoms with Crippen molar-refractivity contribution in [1.29, 1.82) is 0 Å². The van der Waals surface area contributed by atoms with Gasteiger partial charge in [0.1, 0.15) is 0 Å². The SMILES string of the molecule is CC(C)COP([O-])(=S)SCC(C)C.[K+]. The zero-order valence-electron chi connectivity index (χ0n) is 9.65. The van der Waals surface area contributed by atoms with Crippen LogP contribution in [0.3, 0.4) is 0 Å². The van der Waals surface area contributed by atoms with Gasteiger partial charge in [-0.05, 0) is 11.8 Å². The molecule has 1 atom stereocenters. The maximum absolute atomic E-state index is 11.6. The van der Waals surface area contributed by atoms with E-state index >= 15 is 0 Å². The van der Waals surface area contributed by atoms with E-state index in [1.165, 1.54) is 11.4 Å². The molecular weight excluding hydrogens is 262 g/mol. The quantitative estimate of drug-likeness (QED) is 0.491. The Labute approximate surface area is 139 Å². The number of hydrogen-bond donors (Lipinski definition) is 0. The van der Waals surface area contributed by atoms with Gasteiger partial charge in [0.2, 0.25) is 0 Å². The van der Waals surface area contributed by atoms with Crippen LogP contribution in [0.5, 0.6) is 0 Å². The zero-order chi connectivity index (χ0) is 10.5. The van der Waals surface area contributed by atoms with Crippen molar-refractivity contribution in [2.75, 3.05) is 12.4 Å². The van der Waals surface area contributed by atoms with Gasteiger partial charge in [-0.2, -0.15) is 0 Å². The third kappa shape index (κ3) is 12.6. The van der Waals surface area contributed by atoms with E-state index in [9.17, 15) is 4.89 Å². The minimum atomic E-state index is -2.80. The summed E-state index contributed by atoms with van der Waals surface area (Å²) in [5.41, 5.74) is -2.80. The van der Waals surface area contributed by atoms with Gasteiger partial charge >= 0.3 is 51.4 Å². The van der Waals surface area contributed by atoms with Crippen LogP contribution in [0.2, 0.25) is 0 Å². The van der Waals surface area contributed by atoms with E-state index in [2.05, 4.69) is 13.8 Å². The maximum atomic E-state index is 11.6. The Balaban J connectivity index is 0. The predicted octanol–water partition coefficient (Wildman–Crippen LogP) is -0.363. The van der Waals surface area contributed by atoms with E-state index in [1.54, 1.807) is 0 Å². The van der Waals surface area contributed by atoms with Gasteiger partial charge in [0.25, 0.3) is 0 Å². The van der Waals surface area contributed by atoms with Crippen molar-refractivity contribution in [2.24, 2.45) is 11.8 Å². The van der Waals surface area contributed by atoms with Crippen molar-refractivity contribution in [3.8, 4) is 0 Å². The molecule has 0 rings (SSSR count). The predicted molar refractivity (Wildman–Crippen MR) is 62.4 cm³/mol. The Bertz CT molecular complexity index is 172. The first kappa shape index (κ1) is 18.9. The van der Waals surface area contributed by atoms with E-state index in [1.807, 2.05) is 13.8 Å². The first-order chi connectivity index (χ1) is 5.83. The molecule has 2 nitrogen and oxygen atoms in total. The topological polar surface area (TPSA) is 32.3 Å². The Hall–Kier alpha value is 2.56. The van der Waals surface area contributed by atoms with Gasteiger partial charge in [-0.25, -0.2) is 0 Å². The molecule has 0 aromatic rings. The van der Waals surface area contributed by atoms with Crippen LogP contribution in [-0.4, -0.2) is 12.4 Å². The van der Waals surface area contributed by atoms with Crippen LogP contribution in [0.15, 0.2) is 0 Å². The summed E-state index contributed by atoms with van der Waals surface area (Å²) in [4.78, 5) is 11.6. The van der Waals surface area contributed by atoms with Crippen LogP contribution >= 0.6 is 17.1 Å². The third-order valence-corrected chi connectivity index (χ3v) is 5.71. The van der Waals surface area contributed by atoms with E-state index in [-0.39, 0.29) is 51.4 Å². The summed E-state index contributed by atoms with van der Waals surface area (Å²) in [6, 6.07) is 0. The van der Waals surface area contributed by atoms with Crippen LogP contribution in [0.25, 0.3) is 0 Å². The van der Waals surface area contributed by atoms with Crippen molar-refractivity contribution < 1.29 is 60.8 Å². The molecule has 0 saturated carbocycles. The second-order valence-corrected chi connectivity index (χ2v) is 9.92. The second-order valence-electron chi connectivity index (χ2n) is 3.83. The van der Waals surface area contributed by atoms with Crippen molar-refractivity contribution in [3.63, 3.8) is 0 Å². The van der Waals surface area contributed by atoms with Crippen molar-refractivity contribution in [3.05, 3.63) is 0 Å². The molecule has 1 unspecified atom stereocenters. The summed E-state index contributed by atoms with van der Waals surface area (Å²) < 4.78 is 5.17. The molecule has 0 aromatic carbocycles. The van der Waals surface area contributed by atoms with Gasteiger partial charge in [-0.1, -0.05) is 39.5 Å². The van der Waals surface area contributed by atoms with E-state index < -0.39 is 5.69 Å². The van der Waals surface area contributed by atoms with Crippen LogP contribution in [-0.2, 0) is 16.3 Å². The average Bonchev–Trinajstić information content (AvgIpc) is 1.98. The summed E-state index contributed by atoms with van der Waals surface area (Å²) in [5.74, 6) is 1.69. The monoisotopic (exact) mass is 280 g/mol. The smallest absolute Gasteiger partial charge is 0.793 e. The van der Waals surface area contributed by atoms with E-state index in [4.69, 9.17) is 16.3 Å². The Morgan fingerprint density at radius 3 is 2.14 bits per heavy atom. The van der Waals surface area contributed by atoms with Crippen LogP contribution in [0, 0.1) is 11.8 Å². The molecular formula is C8H18KO2PS2. The molecule has 6 heteroatoms. The molecule has 0 saturated heterocycles. The fourth-order valence-corrected chi connectivity index (χ4v) is 4.13. The minimum Gasteiger partial charge on any atom is -0.793 e. The van der Waals surface area contributed by atoms with Gasteiger partial charge in [0.05, 0.1) is 6.61 Å². The molecule has 0 radical (unpaired) electrons. The summed E-state index contributed by atoms with van der Waals surface area (Å²) in [6.45, 7) is 8.67. The van der Waals surface area contributed by atoms with Gasteiger partial charge < -0.3 is 9.42 Å². The Morgan fingerprint density at radius 2 is 1.79 bits per heavy atom. The average molecular weight is 280 g/mol. The van der Waals surface area contributed by atoms with Gasteiger partial charge in [0, 0.05) is 11.4 Å². The fourth-order valence-electron chi connectivity index (χ4n) is 0.518. The van der Waals surface area contributed by atoms with Crippen molar-refractivity contribution in [1.82, 2.24) is 0 Å². The molecule has 0 aliphatic heterocycles. The molecule has 0 fully saturated rings. The minimum absolute atomic E-state index is 0. The molecule has 0 aliphatic rings. The summed E-state index contributed by atoms with van der Waals surface area (Å²) in [6.07, 6.45) is 0. The van der Waals surface area contributed by atoms with Crippen LogP contribution < -0.4 is 56.3 Å². The fraction of sp³-hybridized carbons (Fsp3) is 1.00. The molecule has 80 valence electrons. The molecule has 0 aliphatic carbocycles. The first-order valence-corrected chi connectivity index (χ1v) is 8.66. The number of rotatable bonds is 6. The molecule has 14 heavy (non-hydrogen) atoms. The summed E-state index contributed by atoms with van der Waals surface area (Å²) >= 11 is 6.15. The van der Waals surface area contributed by atoms with Crippen molar-refractivity contribution >= 4 is 28.9 Å². The van der Waals surface area contributed by atoms with Gasteiger partial charge in [0.15, 0.2) is 0 Å². The zero-order valence-corrected chi connectivity index (χ0v) is 15.3. The van der Waals surface area contributed by atoms with E-state index in [0.717, 1.165) is 5.75 Å². The van der Waals surface area contributed by atoms with Gasteiger partial charge in [-0.3, -0.25) is 0 Å². The molecule has 0 spiro atoms. The molecule has 0 heterocycles. The molecule has 0 aromatic heterocycles. The molecule has 0 bridgehead atoms. The second kappa shape index (κ2) is 9.57. The molecule has 0 N–H and O–H groups in total. The Morgan fingerprint density at radius 1 is 1.29 bits per heavy atom. The normalized spacial score (nSPS) is 15.4. The van der Waals surface area contributed by atoms with Gasteiger partial charge in [-0.15, -0.1) is 11.4 Å².